The predicted octanol–water partition coefficient (Wildman–Crippen LogP) is 3.13. The molecule has 3 rings (SSSR count). The number of nitrogens with two attached hydrogens (primary N) is 1. The molecular formula is C16H21FIN5S2. The molecule has 9 heteroatoms. The minimum Gasteiger partial charge on any atom is -0.370 e. The SMILES string of the molecule is I.NC(=NCCSc1ccc(F)cc1)N1CCN(c2nccs2)CC1. The maximum absolute atomic E-state index is 12.8. The molecule has 0 atom stereocenters. The van der Waals surface area contributed by atoms with Crippen molar-refractivity contribution in [3.8, 4) is 0 Å². The van der Waals surface area contributed by atoms with Crippen LogP contribution in [0.1, 0.15) is 0 Å². The third-order valence-corrected chi connectivity index (χ3v) is 5.57. The first kappa shape index (κ1) is 20.2. The van der Waals surface area contributed by atoms with Crippen molar-refractivity contribution in [3.63, 3.8) is 0 Å². The second-order valence-electron chi connectivity index (χ2n) is 5.33. The van der Waals surface area contributed by atoms with E-state index in [2.05, 4.69) is 19.8 Å². The molecule has 0 bridgehead atoms. The molecule has 2 N–H and O–H groups in total. The van der Waals surface area contributed by atoms with Gasteiger partial charge in [0.05, 0.1) is 6.54 Å². The van der Waals surface area contributed by atoms with Crippen LogP contribution in [-0.4, -0.2) is 54.3 Å². The van der Waals surface area contributed by atoms with E-state index in [1.807, 2.05) is 11.6 Å². The number of piperazine rings is 1. The van der Waals surface area contributed by atoms with Crippen LogP contribution in [-0.2, 0) is 0 Å². The molecule has 1 aliphatic rings. The Labute approximate surface area is 172 Å². The summed E-state index contributed by atoms with van der Waals surface area (Å²) in [5, 5.41) is 3.07. The second kappa shape index (κ2) is 10.2. The molecule has 1 saturated heterocycles. The number of aliphatic imine (C=N–C) groups is 1. The van der Waals surface area contributed by atoms with Gasteiger partial charge in [0.25, 0.3) is 0 Å². The van der Waals surface area contributed by atoms with Crippen LogP contribution >= 0.6 is 47.1 Å². The topological polar surface area (TPSA) is 57.8 Å². The summed E-state index contributed by atoms with van der Waals surface area (Å²) in [4.78, 5) is 14.2. The van der Waals surface area contributed by atoms with Crippen LogP contribution in [0, 0.1) is 5.82 Å². The number of aromatic nitrogens is 1. The van der Waals surface area contributed by atoms with Crippen molar-refractivity contribution < 1.29 is 4.39 Å². The highest BCUT2D eigenvalue weighted by Gasteiger charge is 2.19. The molecule has 1 aromatic heterocycles. The predicted molar refractivity (Wildman–Crippen MR) is 115 cm³/mol. The fourth-order valence-electron chi connectivity index (χ4n) is 2.45. The van der Waals surface area contributed by atoms with Gasteiger partial charge in [-0.15, -0.1) is 47.1 Å². The van der Waals surface area contributed by atoms with Gasteiger partial charge >= 0.3 is 0 Å². The molecule has 0 saturated carbocycles. The fourth-order valence-corrected chi connectivity index (χ4v) is 3.90. The van der Waals surface area contributed by atoms with Crippen molar-refractivity contribution in [2.45, 2.75) is 4.90 Å². The first-order valence-corrected chi connectivity index (χ1v) is 9.66. The Morgan fingerprint density at radius 1 is 1.24 bits per heavy atom. The average molecular weight is 493 g/mol. The molecule has 1 fully saturated rings. The van der Waals surface area contributed by atoms with Gasteiger partial charge in [-0.1, -0.05) is 0 Å². The number of halogens is 2. The number of guanidine groups is 1. The van der Waals surface area contributed by atoms with Gasteiger partial charge in [0.15, 0.2) is 11.1 Å². The molecule has 0 unspecified atom stereocenters. The summed E-state index contributed by atoms with van der Waals surface area (Å²) in [7, 11) is 0. The van der Waals surface area contributed by atoms with Crippen molar-refractivity contribution in [2.24, 2.45) is 10.7 Å². The van der Waals surface area contributed by atoms with Crippen molar-refractivity contribution >= 4 is 58.2 Å². The number of hydrogen-bond donors (Lipinski definition) is 1. The van der Waals surface area contributed by atoms with Crippen molar-refractivity contribution in [1.29, 1.82) is 0 Å². The maximum atomic E-state index is 12.8. The summed E-state index contributed by atoms with van der Waals surface area (Å²) in [5.74, 6) is 1.22. The lowest BCUT2D eigenvalue weighted by Gasteiger charge is -2.35. The van der Waals surface area contributed by atoms with Crippen molar-refractivity contribution in [3.05, 3.63) is 41.7 Å². The molecule has 2 heterocycles. The van der Waals surface area contributed by atoms with Gasteiger partial charge in [-0.2, -0.15) is 0 Å². The lowest BCUT2D eigenvalue weighted by atomic mass is 10.3. The Balaban J connectivity index is 0.00000225. The van der Waals surface area contributed by atoms with E-state index in [1.54, 1.807) is 35.2 Å². The van der Waals surface area contributed by atoms with Crippen molar-refractivity contribution in [2.75, 3.05) is 43.4 Å². The van der Waals surface area contributed by atoms with Gasteiger partial charge in [0.2, 0.25) is 0 Å². The number of thiazole rings is 1. The van der Waals surface area contributed by atoms with Crippen LogP contribution in [0.2, 0.25) is 0 Å². The molecule has 1 aromatic carbocycles. The van der Waals surface area contributed by atoms with E-state index in [0.29, 0.717) is 12.5 Å². The molecule has 5 nitrogen and oxygen atoms in total. The molecule has 25 heavy (non-hydrogen) atoms. The molecule has 0 radical (unpaired) electrons. The van der Waals surface area contributed by atoms with E-state index in [9.17, 15) is 4.39 Å². The quantitative estimate of drug-likeness (QED) is 0.228. The van der Waals surface area contributed by atoms with E-state index in [1.165, 1.54) is 12.1 Å². The lowest BCUT2D eigenvalue weighted by molar-refractivity contribution is 0.381. The second-order valence-corrected chi connectivity index (χ2v) is 7.37. The first-order chi connectivity index (χ1) is 11.7. The third-order valence-electron chi connectivity index (χ3n) is 3.74. The highest BCUT2D eigenvalue weighted by molar-refractivity contribution is 14.0. The van der Waals surface area contributed by atoms with Gasteiger partial charge < -0.3 is 15.5 Å². The monoisotopic (exact) mass is 493 g/mol. The zero-order valence-corrected chi connectivity index (χ0v) is 17.6. The molecule has 0 spiro atoms. The maximum Gasteiger partial charge on any atom is 0.191 e. The molecule has 136 valence electrons. The minimum atomic E-state index is -0.210. The summed E-state index contributed by atoms with van der Waals surface area (Å²) < 4.78 is 12.8. The van der Waals surface area contributed by atoms with E-state index in [4.69, 9.17) is 5.73 Å². The molecular weight excluding hydrogens is 472 g/mol. The van der Waals surface area contributed by atoms with Gasteiger partial charge in [-0.3, -0.25) is 4.99 Å². The third kappa shape index (κ3) is 6.00. The number of hydrogen-bond acceptors (Lipinski definition) is 5. The standard InChI is InChI=1S/C16H20FN5S2.HI/c17-13-1-3-14(4-2-13)23-11-5-19-15(18)21-7-9-22(10-8-21)16-20-6-12-24-16;/h1-4,6,12H,5,7-11H2,(H2,18,19);1H. The molecule has 0 aliphatic carbocycles. The van der Waals surface area contributed by atoms with Crippen LogP contribution in [0.15, 0.2) is 45.7 Å². The summed E-state index contributed by atoms with van der Waals surface area (Å²) in [6.45, 7) is 4.20. The highest BCUT2D eigenvalue weighted by atomic mass is 127. The molecule has 1 aliphatic heterocycles. The number of benzene rings is 1. The van der Waals surface area contributed by atoms with Gasteiger partial charge in [-0.25, -0.2) is 9.37 Å². The normalized spacial score (nSPS) is 15.2. The molecule has 2 aromatic rings. The summed E-state index contributed by atoms with van der Waals surface area (Å²) in [5.41, 5.74) is 6.10. The van der Waals surface area contributed by atoms with Crippen molar-refractivity contribution in [1.82, 2.24) is 9.88 Å². The highest BCUT2D eigenvalue weighted by Crippen LogP contribution is 2.19. The Hall–Kier alpha value is -1.07. The first-order valence-electron chi connectivity index (χ1n) is 7.80. The van der Waals surface area contributed by atoms with E-state index in [0.717, 1.165) is 42.0 Å². The lowest BCUT2D eigenvalue weighted by Crippen LogP contribution is -2.51. The van der Waals surface area contributed by atoms with Crippen LogP contribution < -0.4 is 10.6 Å². The van der Waals surface area contributed by atoms with Crippen LogP contribution in [0.3, 0.4) is 0 Å². The number of rotatable bonds is 5. The molecule has 0 amide bonds. The van der Waals surface area contributed by atoms with Crippen LogP contribution in [0.25, 0.3) is 0 Å². The summed E-state index contributed by atoms with van der Waals surface area (Å²) in [6, 6.07) is 6.51. The minimum absolute atomic E-state index is 0. The largest absolute Gasteiger partial charge is 0.370 e. The average Bonchev–Trinajstić information content (AvgIpc) is 3.15. The van der Waals surface area contributed by atoms with Gasteiger partial charge in [0, 0.05) is 48.4 Å². The summed E-state index contributed by atoms with van der Waals surface area (Å²) in [6.07, 6.45) is 1.83. The number of anilines is 1. The Morgan fingerprint density at radius 3 is 2.60 bits per heavy atom. The van der Waals surface area contributed by atoms with Crippen LogP contribution in [0.5, 0.6) is 0 Å². The zero-order valence-electron chi connectivity index (χ0n) is 13.7. The Morgan fingerprint density at radius 2 is 1.96 bits per heavy atom. The summed E-state index contributed by atoms with van der Waals surface area (Å²) >= 11 is 3.32. The van der Waals surface area contributed by atoms with E-state index < -0.39 is 0 Å². The van der Waals surface area contributed by atoms with Crippen LogP contribution in [0.4, 0.5) is 9.52 Å². The van der Waals surface area contributed by atoms with E-state index in [-0.39, 0.29) is 29.8 Å². The Bertz CT molecular complexity index is 658. The zero-order chi connectivity index (χ0) is 16.8. The van der Waals surface area contributed by atoms with Gasteiger partial charge in [-0.05, 0) is 24.3 Å². The Kier molecular flexibility index (Phi) is 8.24. The fraction of sp³-hybridized carbons (Fsp3) is 0.375. The number of nitrogens with zero attached hydrogens (tertiary/aromatic N) is 4. The smallest absolute Gasteiger partial charge is 0.191 e. The number of thioether (sulfide) groups is 1. The van der Waals surface area contributed by atoms with Gasteiger partial charge in [0.1, 0.15) is 5.82 Å². The van der Waals surface area contributed by atoms with E-state index >= 15 is 0 Å².